The topological polar surface area (TPSA) is 187 Å². The van der Waals surface area contributed by atoms with Crippen LogP contribution in [0.25, 0.3) is 10.9 Å². The molecule has 2 aromatic carbocycles. The smallest absolute Gasteiger partial charge is 0.328 e. The SMILES string of the molecule is CSCCC(N)C(=O)NC(Cc1ccccc1)C(=O)NC(Cc1c[nH]c2ccccc12)C(=O)NC(CO)C(=O)O. The van der Waals surface area contributed by atoms with Crippen LogP contribution in [0.4, 0.5) is 0 Å². The summed E-state index contributed by atoms with van der Waals surface area (Å²) in [5, 5.41) is 27.3. The fraction of sp³-hybridized carbons (Fsp3) is 0.357. The summed E-state index contributed by atoms with van der Waals surface area (Å²) >= 11 is 1.55. The number of hydrogen-bond acceptors (Lipinski definition) is 7. The molecule has 40 heavy (non-hydrogen) atoms. The highest BCUT2D eigenvalue weighted by Gasteiger charge is 2.31. The van der Waals surface area contributed by atoms with Crippen LogP contribution in [0.15, 0.2) is 60.8 Å². The second-order valence-electron chi connectivity index (χ2n) is 9.35. The van der Waals surface area contributed by atoms with Crippen LogP contribution < -0.4 is 21.7 Å². The first kappa shape index (κ1) is 30.7. The Morgan fingerprint density at radius 2 is 1.48 bits per heavy atom. The molecule has 0 saturated heterocycles. The maximum Gasteiger partial charge on any atom is 0.328 e. The Balaban J connectivity index is 1.87. The molecule has 4 atom stereocenters. The Hall–Kier alpha value is -3.87. The molecule has 4 unspecified atom stereocenters. The van der Waals surface area contributed by atoms with Crippen molar-refractivity contribution < 1.29 is 29.4 Å². The number of aromatic amines is 1. The molecule has 1 aromatic heterocycles. The first-order chi connectivity index (χ1) is 19.2. The van der Waals surface area contributed by atoms with Gasteiger partial charge in [0.05, 0.1) is 12.6 Å². The lowest BCUT2D eigenvalue weighted by Gasteiger charge is -2.25. The number of carbonyl (C=O) groups excluding carboxylic acids is 3. The van der Waals surface area contributed by atoms with E-state index in [1.165, 1.54) is 0 Å². The van der Waals surface area contributed by atoms with Gasteiger partial charge in [-0.3, -0.25) is 14.4 Å². The molecule has 0 aliphatic carbocycles. The third kappa shape index (κ3) is 8.57. The van der Waals surface area contributed by atoms with Crippen molar-refractivity contribution in [2.24, 2.45) is 5.73 Å². The number of hydrogen-bond donors (Lipinski definition) is 7. The van der Waals surface area contributed by atoms with Gasteiger partial charge in [0.25, 0.3) is 0 Å². The van der Waals surface area contributed by atoms with E-state index >= 15 is 0 Å². The molecule has 0 aliphatic rings. The van der Waals surface area contributed by atoms with Crippen molar-refractivity contribution in [3.63, 3.8) is 0 Å². The van der Waals surface area contributed by atoms with E-state index in [0.717, 1.165) is 22.0 Å². The summed E-state index contributed by atoms with van der Waals surface area (Å²) in [5.41, 5.74) is 8.36. The Morgan fingerprint density at radius 1 is 0.875 bits per heavy atom. The lowest BCUT2D eigenvalue weighted by Crippen LogP contribution is -2.58. The predicted octanol–water partition coefficient (Wildman–Crippen LogP) is 0.565. The lowest BCUT2D eigenvalue weighted by atomic mass is 10.0. The minimum Gasteiger partial charge on any atom is -0.480 e. The van der Waals surface area contributed by atoms with Gasteiger partial charge in [0.15, 0.2) is 0 Å². The van der Waals surface area contributed by atoms with Gasteiger partial charge in [-0.2, -0.15) is 11.8 Å². The number of rotatable bonds is 15. The zero-order valence-corrected chi connectivity index (χ0v) is 22.9. The summed E-state index contributed by atoms with van der Waals surface area (Å²) in [6, 6.07) is 11.9. The van der Waals surface area contributed by atoms with Crippen LogP contribution in [0.2, 0.25) is 0 Å². The van der Waals surface area contributed by atoms with Crippen molar-refractivity contribution in [2.45, 2.75) is 43.4 Å². The van der Waals surface area contributed by atoms with Crippen molar-refractivity contribution in [3.05, 3.63) is 71.9 Å². The van der Waals surface area contributed by atoms with E-state index in [4.69, 9.17) is 5.73 Å². The molecule has 0 fully saturated rings. The van der Waals surface area contributed by atoms with Gasteiger partial charge < -0.3 is 36.9 Å². The number of nitrogens with one attached hydrogen (secondary N) is 4. The summed E-state index contributed by atoms with van der Waals surface area (Å²) in [6.07, 6.45) is 4.21. The minimum absolute atomic E-state index is 0.0264. The van der Waals surface area contributed by atoms with E-state index in [1.54, 1.807) is 18.0 Å². The average Bonchev–Trinajstić information content (AvgIpc) is 3.36. The highest BCUT2D eigenvalue weighted by atomic mass is 32.2. The summed E-state index contributed by atoms with van der Waals surface area (Å²) < 4.78 is 0. The molecule has 3 aromatic rings. The number of aromatic nitrogens is 1. The molecular weight excluding hydrogens is 534 g/mol. The molecular formula is C28H35N5O6S. The lowest BCUT2D eigenvalue weighted by molar-refractivity contribution is -0.143. The number of thioether (sulfide) groups is 1. The van der Waals surface area contributed by atoms with Crippen LogP contribution >= 0.6 is 11.8 Å². The van der Waals surface area contributed by atoms with Gasteiger partial charge in [-0.25, -0.2) is 4.79 Å². The van der Waals surface area contributed by atoms with Gasteiger partial charge in [0, 0.05) is 29.9 Å². The molecule has 214 valence electrons. The highest BCUT2D eigenvalue weighted by molar-refractivity contribution is 7.98. The van der Waals surface area contributed by atoms with Crippen LogP contribution in [0, 0.1) is 0 Å². The summed E-state index contributed by atoms with van der Waals surface area (Å²) in [4.78, 5) is 54.2. The standard InChI is InChI=1S/C28H35N5O6S/c1-40-12-11-20(29)25(35)31-22(13-17-7-3-2-4-8-17)26(36)32-23(27(37)33-24(16-34)28(38)39)14-18-15-30-21-10-6-5-9-19(18)21/h2-10,15,20,22-24,30,34H,11-14,16,29H2,1H3,(H,31,35)(H,32,36)(H,33,37)(H,38,39). The Kier molecular flexibility index (Phi) is 11.5. The van der Waals surface area contributed by atoms with Crippen LogP contribution in [0.1, 0.15) is 17.5 Å². The molecule has 3 rings (SSSR count). The van der Waals surface area contributed by atoms with Crippen molar-refractivity contribution in [1.29, 1.82) is 0 Å². The van der Waals surface area contributed by atoms with Crippen LogP contribution in [-0.4, -0.2) is 81.7 Å². The number of aliphatic hydroxyl groups is 1. The molecule has 12 heteroatoms. The normalized spacial score (nSPS) is 14.1. The molecule has 0 radical (unpaired) electrons. The largest absolute Gasteiger partial charge is 0.480 e. The second-order valence-corrected chi connectivity index (χ2v) is 10.3. The first-order valence-corrected chi connectivity index (χ1v) is 14.2. The summed E-state index contributed by atoms with van der Waals surface area (Å²) in [6.45, 7) is -0.824. The van der Waals surface area contributed by atoms with Crippen molar-refractivity contribution in [3.8, 4) is 0 Å². The third-order valence-corrected chi connectivity index (χ3v) is 7.06. The van der Waals surface area contributed by atoms with E-state index in [-0.39, 0.29) is 12.8 Å². The van der Waals surface area contributed by atoms with Crippen molar-refractivity contribution >= 4 is 46.4 Å². The zero-order chi connectivity index (χ0) is 29.1. The number of nitrogens with two attached hydrogens (primary N) is 1. The number of amides is 3. The first-order valence-electron chi connectivity index (χ1n) is 12.8. The van der Waals surface area contributed by atoms with Crippen molar-refractivity contribution in [1.82, 2.24) is 20.9 Å². The zero-order valence-electron chi connectivity index (χ0n) is 22.1. The Bertz CT molecular complexity index is 1300. The number of aliphatic carboxylic acids is 1. The van der Waals surface area contributed by atoms with Gasteiger partial charge in [0.2, 0.25) is 17.7 Å². The average molecular weight is 570 g/mol. The number of fused-ring (bicyclic) bond motifs is 1. The maximum absolute atomic E-state index is 13.6. The number of aliphatic hydroxyl groups excluding tert-OH is 1. The Morgan fingerprint density at radius 3 is 2.12 bits per heavy atom. The second kappa shape index (κ2) is 15.1. The van der Waals surface area contributed by atoms with Gasteiger partial charge in [-0.1, -0.05) is 48.5 Å². The van der Waals surface area contributed by atoms with Gasteiger partial charge >= 0.3 is 5.97 Å². The summed E-state index contributed by atoms with van der Waals surface area (Å²) in [5.74, 6) is -2.66. The fourth-order valence-corrected chi connectivity index (χ4v) is 4.66. The quantitative estimate of drug-likeness (QED) is 0.138. The summed E-state index contributed by atoms with van der Waals surface area (Å²) in [7, 11) is 0. The van der Waals surface area contributed by atoms with Gasteiger partial charge in [0.1, 0.15) is 18.1 Å². The third-order valence-electron chi connectivity index (χ3n) is 6.41. The van der Waals surface area contributed by atoms with E-state index in [0.29, 0.717) is 12.2 Å². The molecule has 3 amide bonds. The molecule has 0 bridgehead atoms. The molecule has 0 aliphatic heterocycles. The number of H-pyrrole nitrogens is 1. The van der Waals surface area contributed by atoms with Crippen LogP contribution in [-0.2, 0) is 32.0 Å². The van der Waals surface area contributed by atoms with Gasteiger partial charge in [-0.15, -0.1) is 0 Å². The number of carboxylic acids is 1. The molecule has 0 spiro atoms. The molecule has 11 nitrogen and oxygen atoms in total. The predicted molar refractivity (Wildman–Crippen MR) is 154 cm³/mol. The highest BCUT2D eigenvalue weighted by Crippen LogP contribution is 2.19. The van der Waals surface area contributed by atoms with Crippen LogP contribution in [0.5, 0.6) is 0 Å². The van der Waals surface area contributed by atoms with E-state index in [9.17, 15) is 29.4 Å². The number of carboxylic acid groups (broad SMARTS) is 1. The number of para-hydroxylation sites is 1. The van der Waals surface area contributed by atoms with E-state index < -0.39 is 54.5 Å². The van der Waals surface area contributed by atoms with Gasteiger partial charge in [-0.05, 0) is 35.6 Å². The van der Waals surface area contributed by atoms with Crippen molar-refractivity contribution in [2.75, 3.05) is 18.6 Å². The monoisotopic (exact) mass is 569 g/mol. The number of benzene rings is 2. The Labute approximate surface area is 236 Å². The maximum atomic E-state index is 13.6. The van der Waals surface area contributed by atoms with E-state index in [2.05, 4.69) is 20.9 Å². The molecule has 0 saturated carbocycles. The number of carbonyl (C=O) groups is 4. The molecule has 1 heterocycles. The van der Waals surface area contributed by atoms with E-state index in [1.807, 2.05) is 60.9 Å². The fourth-order valence-electron chi connectivity index (χ4n) is 4.17. The molecule has 8 N–H and O–H groups in total. The van der Waals surface area contributed by atoms with Crippen LogP contribution in [0.3, 0.4) is 0 Å². The minimum atomic E-state index is -1.55.